The normalized spacial score (nSPS) is 10.5. The van der Waals surface area contributed by atoms with Crippen molar-refractivity contribution in [1.82, 2.24) is 24.6 Å². The summed E-state index contributed by atoms with van der Waals surface area (Å²) in [6.07, 6.45) is 6.11. The molecular formula is C17H17N5O2. The number of para-hydroxylation sites is 1. The van der Waals surface area contributed by atoms with E-state index in [1.807, 2.05) is 29.0 Å². The van der Waals surface area contributed by atoms with Gasteiger partial charge >= 0.3 is 0 Å². The molecule has 2 aromatic heterocycles. The molecular weight excluding hydrogens is 306 g/mol. The summed E-state index contributed by atoms with van der Waals surface area (Å²) in [5.74, 6) is -0.301. The number of carbonyl (C=O) groups excluding carboxylic acids is 1. The Morgan fingerprint density at radius 3 is 2.71 bits per heavy atom. The summed E-state index contributed by atoms with van der Waals surface area (Å²) in [6.45, 7) is 1.29. The molecule has 1 amide bonds. The highest BCUT2D eigenvalue weighted by atomic mass is 16.2. The molecule has 7 heteroatoms. The molecule has 24 heavy (non-hydrogen) atoms. The lowest BCUT2D eigenvalue weighted by Gasteiger charge is -2.08. The molecule has 122 valence electrons. The Bertz CT molecular complexity index is 856. The van der Waals surface area contributed by atoms with E-state index in [1.54, 1.807) is 24.7 Å². The van der Waals surface area contributed by atoms with Crippen LogP contribution in [0.25, 0.3) is 5.69 Å². The molecule has 0 fully saturated rings. The van der Waals surface area contributed by atoms with Crippen molar-refractivity contribution in [3.63, 3.8) is 0 Å². The van der Waals surface area contributed by atoms with Gasteiger partial charge in [-0.15, -0.1) is 0 Å². The van der Waals surface area contributed by atoms with Crippen molar-refractivity contribution in [3.05, 3.63) is 77.2 Å². The molecule has 0 unspecified atom stereocenters. The topological polar surface area (TPSA) is 81.8 Å². The molecule has 7 nitrogen and oxygen atoms in total. The zero-order chi connectivity index (χ0) is 16.8. The van der Waals surface area contributed by atoms with Crippen LogP contribution in [0.2, 0.25) is 0 Å². The SMILES string of the molecule is O=C(NCCCn1ccnc1)c1ccc(=O)n(-c2ccccc2)n1. The number of nitrogens with zero attached hydrogens (tertiary/aromatic N) is 4. The van der Waals surface area contributed by atoms with Gasteiger partial charge in [-0.1, -0.05) is 18.2 Å². The van der Waals surface area contributed by atoms with Crippen LogP contribution in [0.1, 0.15) is 16.9 Å². The Labute approximate surface area is 138 Å². The standard InChI is InChI=1S/C17H17N5O2/c23-16-8-7-15(20-22(16)14-5-2-1-3-6-14)17(24)19-9-4-11-21-12-10-18-13-21/h1-3,5-8,10,12-13H,4,9,11H2,(H,19,24). The van der Waals surface area contributed by atoms with Gasteiger partial charge in [-0.2, -0.15) is 9.78 Å². The maximum Gasteiger partial charge on any atom is 0.271 e. The molecule has 0 bridgehead atoms. The molecule has 2 heterocycles. The van der Waals surface area contributed by atoms with Gasteiger partial charge < -0.3 is 9.88 Å². The number of hydrogen-bond acceptors (Lipinski definition) is 4. The number of rotatable bonds is 6. The second kappa shape index (κ2) is 7.36. The van der Waals surface area contributed by atoms with Crippen molar-refractivity contribution in [2.75, 3.05) is 6.54 Å². The number of carbonyl (C=O) groups is 1. The lowest BCUT2D eigenvalue weighted by molar-refractivity contribution is 0.0946. The van der Waals surface area contributed by atoms with Crippen LogP contribution in [0.5, 0.6) is 0 Å². The number of aryl methyl sites for hydroxylation is 1. The molecule has 0 aliphatic heterocycles. The number of aromatic nitrogens is 4. The maximum absolute atomic E-state index is 12.2. The first-order valence-corrected chi connectivity index (χ1v) is 7.64. The summed E-state index contributed by atoms with van der Waals surface area (Å²) in [7, 11) is 0. The molecule has 0 saturated heterocycles. The van der Waals surface area contributed by atoms with Crippen molar-refractivity contribution in [2.24, 2.45) is 0 Å². The van der Waals surface area contributed by atoms with E-state index in [0.717, 1.165) is 13.0 Å². The summed E-state index contributed by atoms with van der Waals surface area (Å²) in [5.41, 5.74) is 0.552. The van der Waals surface area contributed by atoms with Gasteiger partial charge in [0.1, 0.15) is 5.69 Å². The first-order chi connectivity index (χ1) is 11.7. The fourth-order valence-corrected chi connectivity index (χ4v) is 2.26. The van der Waals surface area contributed by atoms with Crippen LogP contribution in [-0.4, -0.2) is 31.8 Å². The van der Waals surface area contributed by atoms with Crippen LogP contribution in [0.15, 0.2) is 66.0 Å². The van der Waals surface area contributed by atoms with E-state index in [9.17, 15) is 9.59 Å². The average Bonchev–Trinajstić information content (AvgIpc) is 3.13. The molecule has 3 aromatic rings. The highest BCUT2D eigenvalue weighted by Gasteiger charge is 2.10. The van der Waals surface area contributed by atoms with E-state index in [-0.39, 0.29) is 17.2 Å². The van der Waals surface area contributed by atoms with Crippen molar-refractivity contribution >= 4 is 5.91 Å². The number of nitrogens with one attached hydrogen (secondary N) is 1. The predicted molar refractivity (Wildman–Crippen MR) is 89.0 cm³/mol. The number of imidazole rings is 1. The minimum absolute atomic E-state index is 0.209. The van der Waals surface area contributed by atoms with Gasteiger partial charge in [0.25, 0.3) is 11.5 Å². The van der Waals surface area contributed by atoms with Crippen LogP contribution < -0.4 is 10.9 Å². The van der Waals surface area contributed by atoms with Crippen LogP contribution in [0.3, 0.4) is 0 Å². The van der Waals surface area contributed by atoms with E-state index in [1.165, 1.54) is 16.8 Å². The highest BCUT2D eigenvalue weighted by molar-refractivity contribution is 5.92. The minimum atomic E-state index is -0.301. The van der Waals surface area contributed by atoms with Crippen LogP contribution in [0, 0.1) is 0 Å². The van der Waals surface area contributed by atoms with E-state index >= 15 is 0 Å². The van der Waals surface area contributed by atoms with Gasteiger partial charge in [0.05, 0.1) is 12.0 Å². The summed E-state index contributed by atoms with van der Waals surface area (Å²) in [5, 5.41) is 6.96. The fraction of sp³-hybridized carbons (Fsp3) is 0.176. The van der Waals surface area contributed by atoms with Crippen LogP contribution in [0.4, 0.5) is 0 Å². The third-order valence-electron chi connectivity index (χ3n) is 3.47. The van der Waals surface area contributed by atoms with E-state index in [2.05, 4.69) is 15.4 Å². The monoisotopic (exact) mass is 323 g/mol. The van der Waals surface area contributed by atoms with E-state index < -0.39 is 0 Å². The van der Waals surface area contributed by atoms with Crippen molar-refractivity contribution in [3.8, 4) is 5.69 Å². The summed E-state index contributed by atoms with van der Waals surface area (Å²) in [6, 6.07) is 11.8. The molecule has 1 N–H and O–H groups in total. The smallest absolute Gasteiger partial charge is 0.271 e. The van der Waals surface area contributed by atoms with Gasteiger partial charge in [0.15, 0.2) is 0 Å². The minimum Gasteiger partial charge on any atom is -0.351 e. The Kier molecular flexibility index (Phi) is 4.81. The third-order valence-corrected chi connectivity index (χ3v) is 3.47. The Morgan fingerprint density at radius 1 is 1.12 bits per heavy atom. The van der Waals surface area contributed by atoms with Crippen molar-refractivity contribution in [2.45, 2.75) is 13.0 Å². The van der Waals surface area contributed by atoms with E-state index in [0.29, 0.717) is 12.2 Å². The quantitative estimate of drug-likeness (QED) is 0.692. The van der Waals surface area contributed by atoms with E-state index in [4.69, 9.17) is 0 Å². The lowest BCUT2D eigenvalue weighted by Crippen LogP contribution is -2.29. The Balaban J connectivity index is 1.64. The van der Waals surface area contributed by atoms with Gasteiger partial charge in [0.2, 0.25) is 0 Å². The molecule has 0 spiro atoms. The molecule has 0 aliphatic rings. The molecule has 0 aliphatic carbocycles. The first kappa shape index (κ1) is 15.7. The molecule has 0 saturated carbocycles. The second-order valence-corrected chi connectivity index (χ2v) is 5.21. The summed E-state index contributed by atoms with van der Waals surface area (Å²) < 4.78 is 3.17. The molecule has 1 aromatic carbocycles. The van der Waals surface area contributed by atoms with Crippen LogP contribution >= 0.6 is 0 Å². The number of benzene rings is 1. The average molecular weight is 323 g/mol. The highest BCUT2D eigenvalue weighted by Crippen LogP contribution is 2.02. The molecule has 0 radical (unpaired) electrons. The first-order valence-electron chi connectivity index (χ1n) is 7.64. The van der Waals surface area contributed by atoms with Gasteiger partial charge in [-0.05, 0) is 24.6 Å². The largest absolute Gasteiger partial charge is 0.351 e. The summed E-state index contributed by atoms with van der Waals surface area (Å²) >= 11 is 0. The van der Waals surface area contributed by atoms with Crippen molar-refractivity contribution in [1.29, 1.82) is 0 Å². The number of hydrogen-bond donors (Lipinski definition) is 1. The summed E-state index contributed by atoms with van der Waals surface area (Å²) in [4.78, 5) is 28.1. The lowest BCUT2D eigenvalue weighted by atomic mass is 10.3. The maximum atomic E-state index is 12.2. The number of amides is 1. The van der Waals surface area contributed by atoms with Crippen molar-refractivity contribution < 1.29 is 4.79 Å². The molecule has 3 rings (SSSR count). The molecule has 0 atom stereocenters. The predicted octanol–water partition coefficient (Wildman–Crippen LogP) is 1.25. The second-order valence-electron chi connectivity index (χ2n) is 5.21. The van der Waals surface area contributed by atoms with Gasteiger partial charge in [-0.3, -0.25) is 9.59 Å². The third kappa shape index (κ3) is 3.75. The fourth-order valence-electron chi connectivity index (χ4n) is 2.26. The zero-order valence-corrected chi connectivity index (χ0v) is 13.0. The van der Waals surface area contributed by atoms with Gasteiger partial charge in [0, 0.05) is 31.5 Å². The van der Waals surface area contributed by atoms with Crippen LogP contribution in [-0.2, 0) is 6.54 Å². The van der Waals surface area contributed by atoms with Gasteiger partial charge in [-0.25, -0.2) is 4.98 Å². The zero-order valence-electron chi connectivity index (χ0n) is 13.0. The Hall–Kier alpha value is -3.22. The Morgan fingerprint density at radius 2 is 1.96 bits per heavy atom.